The first kappa shape index (κ1) is 20.0. The summed E-state index contributed by atoms with van der Waals surface area (Å²) in [4.78, 5) is 17.5. The number of hydrogen-bond donors (Lipinski definition) is 1. The summed E-state index contributed by atoms with van der Waals surface area (Å²) in [6.07, 6.45) is 1.66. The number of rotatable bonds is 7. The molecule has 6 nitrogen and oxygen atoms in total. The van der Waals surface area contributed by atoms with Crippen LogP contribution in [0.3, 0.4) is 0 Å². The Bertz CT molecular complexity index is 833. The SMILES string of the molecule is Cc1cnc(NC(=O)CN(CC(C)C)S(=O)(=O)c2ccc(Br)cc2)s1. The van der Waals surface area contributed by atoms with E-state index in [4.69, 9.17) is 0 Å². The molecule has 0 radical (unpaired) electrons. The molecule has 0 saturated heterocycles. The number of sulfonamides is 1. The molecule has 1 aromatic carbocycles. The average molecular weight is 446 g/mol. The van der Waals surface area contributed by atoms with Gasteiger partial charge in [0.25, 0.3) is 0 Å². The van der Waals surface area contributed by atoms with E-state index in [1.165, 1.54) is 27.8 Å². The Kier molecular flexibility index (Phi) is 6.72. The molecule has 1 heterocycles. The van der Waals surface area contributed by atoms with Gasteiger partial charge >= 0.3 is 0 Å². The minimum atomic E-state index is -3.76. The lowest BCUT2D eigenvalue weighted by atomic mass is 10.2. The summed E-state index contributed by atoms with van der Waals surface area (Å²) < 4.78 is 27.8. The van der Waals surface area contributed by atoms with Gasteiger partial charge in [-0.2, -0.15) is 4.31 Å². The van der Waals surface area contributed by atoms with Crippen LogP contribution in [0.5, 0.6) is 0 Å². The highest BCUT2D eigenvalue weighted by molar-refractivity contribution is 9.10. The highest BCUT2D eigenvalue weighted by atomic mass is 79.9. The van der Waals surface area contributed by atoms with Gasteiger partial charge in [0.2, 0.25) is 15.9 Å². The molecule has 0 fully saturated rings. The summed E-state index contributed by atoms with van der Waals surface area (Å²) in [5, 5.41) is 3.12. The van der Waals surface area contributed by atoms with Gasteiger partial charge in [-0.25, -0.2) is 13.4 Å². The van der Waals surface area contributed by atoms with E-state index in [1.54, 1.807) is 18.3 Å². The van der Waals surface area contributed by atoms with Gasteiger partial charge in [0.1, 0.15) is 0 Å². The fourth-order valence-corrected chi connectivity index (χ4v) is 4.65. The standard InChI is InChI=1S/C16H20BrN3O3S2/c1-11(2)9-20(10-15(21)19-16-18-8-12(3)24-16)25(22,23)14-6-4-13(17)5-7-14/h4-8,11H,9-10H2,1-3H3,(H,18,19,21). The highest BCUT2D eigenvalue weighted by Gasteiger charge is 2.27. The van der Waals surface area contributed by atoms with E-state index in [0.29, 0.717) is 5.13 Å². The second kappa shape index (κ2) is 8.39. The Hall–Kier alpha value is -1.29. The fraction of sp³-hybridized carbons (Fsp3) is 0.375. The number of aromatic nitrogens is 1. The molecule has 0 atom stereocenters. The van der Waals surface area contributed by atoms with Crippen molar-refractivity contribution in [3.05, 3.63) is 39.8 Å². The first-order chi connectivity index (χ1) is 11.7. The quantitative estimate of drug-likeness (QED) is 0.706. The van der Waals surface area contributed by atoms with Gasteiger partial charge in [0.05, 0.1) is 11.4 Å². The van der Waals surface area contributed by atoms with Crippen LogP contribution < -0.4 is 5.32 Å². The van der Waals surface area contributed by atoms with Crippen molar-refractivity contribution in [2.24, 2.45) is 5.92 Å². The molecular formula is C16H20BrN3O3S2. The van der Waals surface area contributed by atoms with Crippen molar-refractivity contribution in [1.82, 2.24) is 9.29 Å². The van der Waals surface area contributed by atoms with Crippen molar-refractivity contribution in [1.29, 1.82) is 0 Å². The number of benzene rings is 1. The van der Waals surface area contributed by atoms with E-state index in [-0.39, 0.29) is 23.9 Å². The number of amides is 1. The Morgan fingerprint density at radius 3 is 2.48 bits per heavy atom. The maximum absolute atomic E-state index is 12.9. The molecule has 2 rings (SSSR count). The zero-order valence-corrected chi connectivity index (χ0v) is 17.4. The largest absolute Gasteiger partial charge is 0.301 e. The molecule has 25 heavy (non-hydrogen) atoms. The Morgan fingerprint density at radius 2 is 1.96 bits per heavy atom. The highest BCUT2D eigenvalue weighted by Crippen LogP contribution is 2.21. The number of carbonyl (C=O) groups excluding carboxylic acids is 1. The summed E-state index contributed by atoms with van der Waals surface area (Å²) in [5.74, 6) is -0.323. The molecule has 0 saturated carbocycles. The average Bonchev–Trinajstić information content (AvgIpc) is 2.91. The summed E-state index contributed by atoms with van der Waals surface area (Å²) in [5.41, 5.74) is 0. The molecule has 0 unspecified atom stereocenters. The van der Waals surface area contributed by atoms with E-state index in [2.05, 4.69) is 26.2 Å². The topological polar surface area (TPSA) is 79.4 Å². The Morgan fingerprint density at radius 1 is 1.32 bits per heavy atom. The summed E-state index contributed by atoms with van der Waals surface area (Å²) in [7, 11) is -3.76. The van der Waals surface area contributed by atoms with Crippen LogP contribution in [-0.4, -0.2) is 36.7 Å². The van der Waals surface area contributed by atoms with Crippen LogP contribution in [0.1, 0.15) is 18.7 Å². The van der Waals surface area contributed by atoms with Gasteiger partial charge in [-0.1, -0.05) is 29.8 Å². The maximum atomic E-state index is 12.9. The van der Waals surface area contributed by atoms with Crippen LogP contribution in [0.15, 0.2) is 39.8 Å². The van der Waals surface area contributed by atoms with Gasteiger partial charge in [-0.05, 0) is 37.1 Å². The number of anilines is 1. The summed E-state index contributed by atoms with van der Waals surface area (Å²) >= 11 is 4.64. The second-order valence-corrected chi connectivity index (χ2v) is 10.1. The van der Waals surface area contributed by atoms with Crippen molar-refractivity contribution >= 4 is 48.3 Å². The van der Waals surface area contributed by atoms with Crippen molar-refractivity contribution in [3.8, 4) is 0 Å². The summed E-state index contributed by atoms with van der Waals surface area (Å²) in [6, 6.07) is 6.38. The Balaban J connectivity index is 2.19. The van der Waals surface area contributed by atoms with Crippen LogP contribution in [0.4, 0.5) is 5.13 Å². The van der Waals surface area contributed by atoms with Crippen LogP contribution in [0.25, 0.3) is 0 Å². The van der Waals surface area contributed by atoms with E-state index in [0.717, 1.165) is 9.35 Å². The third kappa shape index (κ3) is 5.60. The molecule has 1 aromatic heterocycles. The lowest BCUT2D eigenvalue weighted by Gasteiger charge is -2.23. The first-order valence-electron chi connectivity index (χ1n) is 7.66. The monoisotopic (exact) mass is 445 g/mol. The number of nitrogens with one attached hydrogen (secondary N) is 1. The molecule has 1 N–H and O–H groups in total. The summed E-state index contributed by atoms with van der Waals surface area (Å²) in [6.45, 7) is 5.70. The third-order valence-electron chi connectivity index (χ3n) is 3.21. The molecule has 0 aliphatic rings. The van der Waals surface area contributed by atoms with Crippen molar-refractivity contribution < 1.29 is 13.2 Å². The maximum Gasteiger partial charge on any atom is 0.243 e. The minimum Gasteiger partial charge on any atom is -0.301 e. The van der Waals surface area contributed by atoms with Crippen LogP contribution >= 0.6 is 27.3 Å². The van der Waals surface area contributed by atoms with Gasteiger partial charge in [-0.15, -0.1) is 11.3 Å². The molecule has 0 aliphatic heterocycles. The van der Waals surface area contributed by atoms with E-state index in [1.807, 2.05) is 20.8 Å². The molecular weight excluding hydrogens is 426 g/mol. The molecule has 1 amide bonds. The number of aryl methyl sites for hydroxylation is 1. The lowest BCUT2D eigenvalue weighted by molar-refractivity contribution is -0.116. The third-order valence-corrected chi connectivity index (χ3v) is 6.39. The molecule has 2 aromatic rings. The fourth-order valence-electron chi connectivity index (χ4n) is 2.14. The minimum absolute atomic E-state index is 0.0835. The smallest absolute Gasteiger partial charge is 0.243 e. The number of halogens is 1. The van der Waals surface area contributed by atoms with E-state index < -0.39 is 15.9 Å². The molecule has 0 bridgehead atoms. The number of thiazole rings is 1. The predicted molar refractivity (Wildman–Crippen MR) is 103 cm³/mol. The van der Waals surface area contributed by atoms with Crippen LogP contribution in [0, 0.1) is 12.8 Å². The van der Waals surface area contributed by atoms with Gasteiger partial charge < -0.3 is 5.32 Å². The molecule has 136 valence electrons. The normalized spacial score (nSPS) is 11.9. The van der Waals surface area contributed by atoms with Crippen LogP contribution in [-0.2, 0) is 14.8 Å². The van der Waals surface area contributed by atoms with Crippen molar-refractivity contribution in [2.75, 3.05) is 18.4 Å². The van der Waals surface area contributed by atoms with Crippen molar-refractivity contribution in [3.63, 3.8) is 0 Å². The number of hydrogen-bond acceptors (Lipinski definition) is 5. The second-order valence-electron chi connectivity index (χ2n) is 5.97. The van der Waals surface area contributed by atoms with E-state index in [9.17, 15) is 13.2 Å². The zero-order valence-electron chi connectivity index (χ0n) is 14.2. The Labute approximate surface area is 160 Å². The van der Waals surface area contributed by atoms with Gasteiger partial charge in [0.15, 0.2) is 5.13 Å². The predicted octanol–water partition coefficient (Wildman–Crippen LogP) is 3.50. The molecule has 0 spiro atoms. The molecule has 9 heteroatoms. The first-order valence-corrected chi connectivity index (χ1v) is 10.7. The molecule has 0 aliphatic carbocycles. The van der Waals surface area contributed by atoms with E-state index >= 15 is 0 Å². The lowest BCUT2D eigenvalue weighted by Crippen LogP contribution is -2.40. The zero-order chi connectivity index (χ0) is 18.6. The van der Waals surface area contributed by atoms with Gasteiger partial charge in [0, 0.05) is 22.1 Å². The van der Waals surface area contributed by atoms with Crippen LogP contribution in [0.2, 0.25) is 0 Å². The van der Waals surface area contributed by atoms with Crippen molar-refractivity contribution in [2.45, 2.75) is 25.7 Å². The number of carbonyl (C=O) groups is 1. The van der Waals surface area contributed by atoms with Gasteiger partial charge in [-0.3, -0.25) is 4.79 Å². The number of nitrogens with zero attached hydrogens (tertiary/aromatic N) is 2.